The van der Waals surface area contributed by atoms with Crippen molar-refractivity contribution in [2.45, 2.75) is 143 Å². The molecule has 2 rings (SSSR count). The molecule has 0 saturated carbocycles. The summed E-state index contributed by atoms with van der Waals surface area (Å²) >= 11 is 0. The summed E-state index contributed by atoms with van der Waals surface area (Å²) in [6.07, 6.45) is -4.35. The summed E-state index contributed by atoms with van der Waals surface area (Å²) in [5.74, 6) is -1.67. The molecule has 15 heteroatoms. The Labute approximate surface area is 294 Å². The lowest BCUT2D eigenvalue weighted by molar-refractivity contribution is -0.204. The number of rotatable bonds is 12. The maximum atomic E-state index is 13.7. The molecular formula is C35H54N2O13. The molecule has 1 saturated heterocycles. The van der Waals surface area contributed by atoms with E-state index in [2.05, 4.69) is 5.32 Å². The standard InChI is InChI=1S/C35H54N2O13/c1-21(39)46-23-18-26(29(41)44-12)48-27(19-23)47-25-14-13-22(20-38)17-24(25)28(40)36-34(8,9)15-16-45-35(10,11)37(30(42)49-32(2,3)4)31(43)50-33(5,6)7/h13-14,17,23,26-27,38H,15-16,18-20H2,1-12H3,(H,36,40). The number of hydrogen-bond donors (Lipinski definition) is 2. The zero-order valence-corrected chi connectivity index (χ0v) is 31.3. The van der Waals surface area contributed by atoms with Gasteiger partial charge < -0.3 is 43.6 Å². The molecule has 1 aliphatic rings. The van der Waals surface area contributed by atoms with Crippen LogP contribution in [0, 0.1) is 0 Å². The predicted octanol–water partition coefficient (Wildman–Crippen LogP) is 4.99. The summed E-state index contributed by atoms with van der Waals surface area (Å²) in [7, 11) is 1.21. The van der Waals surface area contributed by atoms with E-state index < -0.39 is 71.0 Å². The molecule has 50 heavy (non-hydrogen) atoms. The Kier molecular flexibility index (Phi) is 14.2. The van der Waals surface area contributed by atoms with Gasteiger partial charge in [-0.15, -0.1) is 0 Å². The first-order chi connectivity index (χ1) is 22.9. The fraction of sp³-hybridized carbons (Fsp3) is 0.686. The van der Waals surface area contributed by atoms with Gasteiger partial charge in [-0.3, -0.25) is 9.59 Å². The number of ether oxygens (including phenoxy) is 7. The number of amides is 3. The average molecular weight is 711 g/mol. The van der Waals surface area contributed by atoms with Gasteiger partial charge in [-0.2, -0.15) is 4.90 Å². The van der Waals surface area contributed by atoms with E-state index >= 15 is 0 Å². The third-order valence-corrected chi connectivity index (χ3v) is 7.10. The summed E-state index contributed by atoms with van der Waals surface area (Å²) in [6, 6.07) is 4.52. The Bertz CT molecular complexity index is 1350. The van der Waals surface area contributed by atoms with Gasteiger partial charge in [-0.05, 0) is 93.4 Å². The van der Waals surface area contributed by atoms with Crippen molar-refractivity contribution in [3.8, 4) is 5.75 Å². The van der Waals surface area contributed by atoms with Gasteiger partial charge in [0.05, 0.1) is 25.9 Å². The van der Waals surface area contributed by atoms with Crippen LogP contribution in [-0.2, 0) is 44.6 Å². The molecule has 282 valence electrons. The molecule has 15 nitrogen and oxygen atoms in total. The van der Waals surface area contributed by atoms with Gasteiger partial charge in [-0.1, -0.05) is 6.07 Å². The Balaban J connectivity index is 2.23. The summed E-state index contributed by atoms with van der Waals surface area (Å²) < 4.78 is 38.9. The molecule has 1 fully saturated rings. The number of methoxy groups -OCH3 is 1. The molecule has 1 aliphatic heterocycles. The molecule has 0 spiro atoms. The minimum Gasteiger partial charge on any atom is -0.467 e. The van der Waals surface area contributed by atoms with Crippen LogP contribution in [0.4, 0.5) is 9.59 Å². The van der Waals surface area contributed by atoms with Crippen molar-refractivity contribution in [1.29, 1.82) is 0 Å². The molecule has 0 bridgehead atoms. The van der Waals surface area contributed by atoms with Crippen LogP contribution in [0.15, 0.2) is 18.2 Å². The second-order valence-corrected chi connectivity index (χ2v) is 15.1. The van der Waals surface area contributed by atoms with Crippen LogP contribution in [0.5, 0.6) is 5.75 Å². The minimum atomic E-state index is -1.51. The zero-order chi connectivity index (χ0) is 38.2. The first-order valence-corrected chi connectivity index (χ1v) is 16.4. The van der Waals surface area contributed by atoms with E-state index in [0.29, 0.717) is 5.56 Å². The highest BCUT2D eigenvalue weighted by molar-refractivity contribution is 5.97. The molecule has 3 atom stereocenters. The first kappa shape index (κ1) is 42.2. The van der Waals surface area contributed by atoms with Gasteiger partial charge in [0.15, 0.2) is 11.8 Å². The van der Waals surface area contributed by atoms with E-state index in [-0.39, 0.29) is 43.8 Å². The summed E-state index contributed by atoms with van der Waals surface area (Å²) in [6.45, 7) is 17.5. The van der Waals surface area contributed by atoms with Gasteiger partial charge >= 0.3 is 24.1 Å². The van der Waals surface area contributed by atoms with Crippen molar-refractivity contribution in [1.82, 2.24) is 10.2 Å². The fourth-order valence-electron chi connectivity index (χ4n) is 4.82. The molecular weight excluding hydrogens is 656 g/mol. The van der Waals surface area contributed by atoms with Gasteiger partial charge in [0.1, 0.15) is 23.1 Å². The number of nitrogens with one attached hydrogen (secondary N) is 1. The van der Waals surface area contributed by atoms with Crippen molar-refractivity contribution < 1.29 is 62.2 Å². The smallest absolute Gasteiger partial charge is 0.422 e. The number of benzene rings is 1. The first-order valence-electron chi connectivity index (χ1n) is 16.4. The van der Waals surface area contributed by atoms with Crippen LogP contribution < -0.4 is 10.1 Å². The summed E-state index contributed by atoms with van der Waals surface area (Å²) in [4.78, 5) is 64.7. The highest BCUT2D eigenvalue weighted by Gasteiger charge is 2.43. The van der Waals surface area contributed by atoms with Crippen LogP contribution in [0.1, 0.15) is 111 Å². The average Bonchev–Trinajstić information content (AvgIpc) is 2.93. The van der Waals surface area contributed by atoms with Crippen LogP contribution in [0.2, 0.25) is 0 Å². The lowest BCUT2D eigenvalue weighted by Crippen LogP contribution is -2.56. The number of esters is 2. The minimum absolute atomic E-state index is 0.00915. The predicted molar refractivity (Wildman–Crippen MR) is 179 cm³/mol. The van der Waals surface area contributed by atoms with Crippen molar-refractivity contribution in [3.63, 3.8) is 0 Å². The number of hydrogen-bond acceptors (Lipinski definition) is 13. The lowest BCUT2D eigenvalue weighted by Gasteiger charge is -2.38. The van der Waals surface area contributed by atoms with E-state index in [1.54, 1.807) is 61.5 Å². The largest absolute Gasteiger partial charge is 0.467 e. The number of aliphatic hydroxyl groups is 1. The van der Waals surface area contributed by atoms with Crippen molar-refractivity contribution in [2.75, 3.05) is 13.7 Å². The Hall–Kier alpha value is -3.95. The number of carbonyl (C=O) groups excluding carboxylic acids is 5. The van der Waals surface area contributed by atoms with Gasteiger partial charge in [-0.25, -0.2) is 14.4 Å². The van der Waals surface area contributed by atoms with E-state index in [1.165, 1.54) is 40.0 Å². The molecule has 1 aromatic carbocycles. The highest BCUT2D eigenvalue weighted by Crippen LogP contribution is 2.30. The number of imide groups is 1. The maximum Gasteiger partial charge on any atom is 0.422 e. The van der Waals surface area contributed by atoms with Crippen LogP contribution in [0.3, 0.4) is 0 Å². The van der Waals surface area contributed by atoms with E-state index in [9.17, 15) is 29.1 Å². The molecule has 1 heterocycles. The Morgan fingerprint density at radius 2 is 1.50 bits per heavy atom. The van der Waals surface area contributed by atoms with Crippen molar-refractivity contribution in [3.05, 3.63) is 29.3 Å². The van der Waals surface area contributed by atoms with E-state index in [0.717, 1.165) is 4.90 Å². The fourth-order valence-corrected chi connectivity index (χ4v) is 4.82. The lowest BCUT2D eigenvalue weighted by atomic mass is 9.99. The van der Waals surface area contributed by atoms with Gasteiger partial charge in [0.25, 0.3) is 5.91 Å². The summed E-state index contributed by atoms with van der Waals surface area (Å²) in [5, 5.41) is 12.7. The number of nitrogens with zero attached hydrogens (tertiary/aromatic N) is 1. The van der Waals surface area contributed by atoms with Crippen molar-refractivity contribution in [2.24, 2.45) is 0 Å². The third-order valence-electron chi connectivity index (χ3n) is 7.10. The van der Waals surface area contributed by atoms with Crippen LogP contribution in [0.25, 0.3) is 0 Å². The molecule has 3 amide bonds. The molecule has 0 aliphatic carbocycles. The summed E-state index contributed by atoms with van der Waals surface area (Å²) in [5.41, 5.74) is -3.70. The van der Waals surface area contributed by atoms with Gasteiger partial charge in [0.2, 0.25) is 6.29 Å². The third kappa shape index (κ3) is 13.4. The number of carbonyl (C=O) groups is 5. The Morgan fingerprint density at radius 3 is 2.00 bits per heavy atom. The molecule has 1 aromatic rings. The van der Waals surface area contributed by atoms with E-state index in [4.69, 9.17) is 33.2 Å². The van der Waals surface area contributed by atoms with E-state index in [1.807, 2.05) is 0 Å². The SMILES string of the molecule is COC(=O)C1CC(OC(C)=O)CC(Oc2ccc(CO)cc2C(=O)NC(C)(C)CCOC(C)(C)N(C(=O)OC(C)(C)C)C(=O)OC(C)(C)C)O1. The van der Waals surface area contributed by atoms with Crippen LogP contribution in [-0.4, -0.2) is 94.7 Å². The maximum absolute atomic E-state index is 13.7. The molecule has 3 unspecified atom stereocenters. The second-order valence-electron chi connectivity index (χ2n) is 15.1. The highest BCUT2D eigenvalue weighted by atomic mass is 16.7. The monoisotopic (exact) mass is 710 g/mol. The Morgan fingerprint density at radius 1 is 0.920 bits per heavy atom. The zero-order valence-electron chi connectivity index (χ0n) is 31.3. The molecule has 0 radical (unpaired) electrons. The quantitative estimate of drug-likeness (QED) is 0.168. The second kappa shape index (κ2) is 16.8. The van der Waals surface area contributed by atoms with Crippen molar-refractivity contribution >= 4 is 30.0 Å². The normalized spacial score (nSPS) is 18.4. The molecule has 0 aromatic heterocycles. The van der Waals surface area contributed by atoms with Gasteiger partial charge in [0, 0.05) is 25.3 Å². The van der Waals surface area contributed by atoms with Crippen LogP contribution >= 0.6 is 0 Å². The topological polar surface area (TPSA) is 185 Å². The molecule has 2 N–H and O–H groups in total. The number of aliphatic hydroxyl groups excluding tert-OH is 1.